The Kier molecular flexibility index (Phi) is 13.5. The lowest BCUT2D eigenvalue weighted by atomic mass is 9.89. The highest BCUT2D eigenvalue weighted by atomic mass is 32.2. The normalized spacial score (nSPS) is 19.3. The zero-order valence-corrected chi connectivity index (χ0v) is 38.2. The fraction of sp³-hybridized carbons (Fsp3) is 0.327. The van der Waals surface area contributed by atoms with Crippen molar-refractivity contribution >= 4 is 61.7 Å². The molecule has 3 saturated heterocycles. The minimum Gasteiger partial charge on any atom is -0.374 e. The molecule has 67 heavy (non-hydrogen) atoms. The molecule has 2 atom stereocenters. The SMILES string of the molecule is O=C1CCC(Nc2ccc(C3CCN(CC(=O)N4CCC(NC(=O)c5ccc(C#Cc6ccc7c(c6)S(=O)(=O)N(C(C(=O)Nc6nccs6)c6ccccc6)C7)cn5)CC4)CC3)cc2)C(=O)N1. The summed E-state index contributed by atoms with van der Waals surface area (Å²) in [6.45, 7) is 3.13. The summed E-state index contributed by atoms with van der Waals surface area (Å²) in [5, 5.41) is 13.5. The van der Waals surface area contributed by atoms with Gasteiger partial charge in [-0.3, -0.25) is 34.2 Å². The Morgan fingerprint density at radius 3 is 2.30 bits per heavy atom. The molecule has 4 aliphatic rings. The van der Waals surface area contributed by atoms with Gasteiger partial charge < -0.3 is 20.9 Å². The quantitative estimate of drug-likeness (QED) is 0.106. The Hall–Kier alpha value is -6.78. The van der Waals surface area contributed by atoms with Gasteiger partial charge in [-0.2, -0.15) is 4.31 Å². The van der Waals surface area contributed by atoms with Crippen LogP contribution in [0.2, 0.25) is 0 Å². The van der Waals surface area contributed by atoms with Crippen molar-refractivity contribution in [3.05, 3.63) is 136 Å². The lowest BCUT2D eigenvalue weighted by molar-refractivity contribution is -0.134. The number of piperidine rings is 3. The van der Waals surface area contributed by atoms with Gasteiger partial charge in [0.1, 0.15) is 17.8 Å². The van der Waals surface area contributed by atoms with Crippen LogP contribution in [0.15, 0.2) is 108 Å². The molecule has 344 valence electrons. The number of benzene rings is 3. The van der Waals surface area contributed by atoms with Crippen LogP contribution in [0.4, 0.5) is 10.8 Å². The predicted octanol–water partition coefficient (Wildman–Crippen LogP) is 4.64. The third kappa shape index (κ3) is 10.6. The third-order valence-corrected chi connectivity index (χ3v) is 15.3. The molecular formula is C49H49N9O7S2. The monoisotopic (exact) mass is 939 g/mol. The van der Waals surface area contributed by atoms with E-state index in [1.165, 1.54) is 33.5 Å². The Labute approximate surface area is 392 Å². The van der Waals surface area contributed by atoms with Crippen molar-refractivity contribution in [2.24, 2.45) is 0 Å². The van der Waals surface area contributed by atoms with Gasteiger partial charge in [0.2, 0.25) is 33.7 Å². The minimum absolute atomic E-state index is 0.0109. The average Bonchev–Trinajstić information content (AvgIpc) is 3.95. The number of pyridine rings is 1. The van der Waals surface area contributed by atoms with Crippen molar-refractivity contribution in [3.63, 3.8) is 0 Å². The standard InChI is InChI=1S/C49H49N9O7S2/c59-43-17-16-41(47(62)54-43)52-38-13-11-34(12-14-38)35-18-23-56(24-19-35)31-44(60)57-25-20-39(21-26-57)53-46(61)40-15-9-33(29-51-40)7-6-32-8-10-37-30-58(67(64,65)42(37)28-32)45(36-4-2-1-3-5-36)48(63)55-49-50-22-27-66-49/h1-5,8-15,22,27-29,35,39,41,45,52H,16-21,23-26,30-31H2,(H,53,61)(H,50,55,63)(H,54,59,62). The summed E-state index contributed by atoms with van der Waals surface area (Å²) in [6.07, 6.45) is 7.03. The number of anilines is 2. The zero-order chi connectivity index (χ0) is 46.5. The molecule has 5 aromatic rings. The van der Waals surface area contributed by atoms with Gasteiger partial charge in [-0.05, 0) is 104 Å². The Bertz CT molecular complexity index is 2820. The molecular weight excluding hydrogens is 891 g/mol. The van der Waals surface area contributed by atoms with Gasteiger partial charge in [-0.25, -0.2) is 18.4 Å². The first-order valence-corrected chi connectivity index (χ1v) is 24.7. The number of rotatable bonds is 11. The van der Waals surface area contributed by atoms with Gasteiger partial charge in [0, 0.05) is 66.7 Å². The molecule has 4 aliphatic heterocycles. The van der Waals surface area contributed by atoms with E-state index in [-0.39, 0.29) is 46.8 Å². The number of carbonyl (C=O) groups excluding carboxylic acids is 5. The van der Waals surface area contributed by atoms with Crippen LogP contribution < -0.4 is 21.3 Å². The molecule has 0 bridgehead atoms. The molecule has 0 aliphatic carbocycles. The Morgan fingerprint density at radius 1 is 0.851 bits per heavy atom. The largest absolute Gasteiger partial charge is 0.374 e. The summed E-state index contributed by atoms with van der Waals surface area (Å²) >= 11 is 1.24. The fourth-order valence-electron chi connectivity index (χ4n) is 9.03. The van der Waals surface area contributed by atoms with Crippen LogP contribution in [0.1, 0.15) is 88.8 Å². The summed E-state index contributed by atoms with van der Waals surface area (Å²) in [6, 6.07) is 23.5. The van der Waals surface area contributed by atoms with E-state index in [9.17, 15) is 32.4 Å². The number of thiazole rings is 1. The second-order valence-corrected chi connectivity index (χ2v) is 19.9. The number of aromatic nitrogens is 2. The smallest absolute Gasteiger partial charge is 0.270 e. The predicted molar refractivity (Wildman–Crippen MR) is 251 cm³/mol. The molecule has 9 rings (SSSR count). The molecule has 2 unspecified atom stereocenters. The molecule has 0 radical (unpaired) electrons. The summed E-state index contributed by atoms with van der Waals surface area (Å²) in [4.78, 5) is 76.3. The summed E-state index contributed by atoms with van der Waals surface area (Å²) in [7, 11) is -4.08. The fourth-order valence-corrected chi connectivity index (χ4v) is 11.4. The van der Waals surface area contributed by atoms with E-state index in [1.807, 2.05) is 17.0 Å². The average molecular weight is 940 g/mol. The number of nitrogens with zero attached hydrogens (tertiary/aromatic N) is 5. The number of fused-ring (bicyclic) bond motifs is 1. The van der Waals surface area contributed by atoms with Gasteiger partial charge in [0.05, 0.1) is 11.4 Å². The van der Waals surface area contributed by atoms with Crippen LogP contribution in [0.3, 0.4) is 0 Å². The summed E-state index contributed by atoms with van der Waals surface area (Å²) < 4.78 is 29.2. The van der Waals surface area contributed by atoms with Crippen molar-refractivity contribution in [1.29, 1.82) is 0 Å². The molecule has 16 nitrogen and oxygen atoms in total. The molecule has 18 heteroatoms. The first-order chi connectivity index (χ1) is 32.5. The van der Waals surface area contributed by atoms with Crippen molar-refractivity contribution in [2.75, 3.05) is 43.4 Å². The molecule has 4 N–H and O–H groups in total. The van der Waals surface area contributed by atoms with Gasteiger partial charge in [0.15, 0.2) is 5.13 Å². The first-order valence-electron chi connectivity index (χ1n) is 22.4. The van der Waals surface area contributed by atoms with Crippen molar-refractivity contribution < 1.29 is 32.4 Å². The number of hydrogen-bond donors (Lipinski definition) is 4. The molecule has 6 heterocycles. The van der Waals surface area contributed by atoms with Gasteiger partial charge in [0.25, 0.3) is 5.91 Å². The maximum absolute atomic E-state index is 14.0. The number of nitrogens with one attached hydrogen (secondary N) is 4. The summed E-state index contributed by atoms with van der Waals surface area (Å²) in [5.74, 6) is 5.17. The molecule has 3 fully saturated rings. The second-order valence-electron chi connectivity index (χ2n) is 17.1. The van der Waals surface area contributed by atoms with Crippen molar-refractivity contribution in [1.82, 2.24) is 34.7 Å². The highest BCUT2D eigenvalue weighted by molar-refractivity contribution is 7.89. The maximum atomic E-state index is 14.0. The van der Waals surface area contributed by atoms with Crippen LogP contribution in [0.5, 0.6) is 0 Å². The van der Waals surface area contributed by atoms with E-state index in [1.54, 1.807) is 66.2 Å². The van der Waals surface area contributed by atoms with E-state index in [4.69, 9.17) is 0 Å². The number of sulfonamides is 1. The lowest BCUT2D eigenvalue weighted by Crippen LogP contribution is -2.49. The lowest BCUT2D eigenvalue weighted by Gasteiger charge is -2.36. The first kappa shape index (κ1) is 45.4. The van der Waals surface area contributed by atoms with Crippen LogP contribution in [-0.2, 0) is 35.7 Å². The maximum Gasteiger partial charge on any atom is 0.270 e. The van der Waals surface area contributed by atoms with Gasteiger partial charge in [-0.1, -0.05) is 60.4 Å². The van der Waals surface area contributed by atoms with Crippen LogP contribution in [0, 0.1) is 11.8 Å². The van der Waals surface area contributed by atoms with E-state index in [2.05, 4.69) is 60.1 Å². The van der Waals surface area contributed by atoms with E-state index in [0.717, 1.165) is 31.6 Å². The number of carbonyl (C=O) groups is 5. The molecule has 3 aromatic carbocycles. The highest BCUT2D eigenvalue weighted by Gasteiger charge is 2.43. The topological polar surface area (TPSA) is 203 Å². The molecule has 5 amide bonds. The molecule has 0 spiro atoms. The van der Waals surface area contributed by atoms with Crippen molar-refractivity contribution in [2.45, 2.75) is 74.0 Å². The van der Waals surface area contributed by atoms with Gasteiger partial charge >= 0.3 is 0 Å². The van der Waals surface area contributed by atoms with E-state index < -0.39 is 28.0 Å². The van der Waals surface area contributed by atoms with Crippen LogP contribution in [-0.4, -0.2) is 107 Å². The molecule has 0 saturated carbocycles. The number of amides is 5. The minimum atomic E-state index is -4.08. The Balaban J connectivity index is 0.725. The highest BCUT2D eigenvalue weighted by Crippen LogP contribution is 2.38. The number of hydrogen-bond acceptors (Lipinski definition) is 12. The van der Waals surface area contributed by atoms with Crippen LogP contribution >= 0.6 is 11.3 Å². The number of imide groups is 1. The summed E-state index contributed by atoms with van der Waals surface area (Å²) in [5.41, 5.74) is 4.40. The van der Waals surface area contributed by atoms with Crippen LogP contribution in [0.25, 0.3) is 0 Å². The van der Waals surface area contributed by atoms with Gasteiger partial charge in [-0.15, -0.1) is 11.3 Å². The van der Waals surface area contributed by atoms with E-state index in [0.29, 0.717) is 78.6 Å². The zero-order valence-electron chi connectivity index (χ0n) is 36.5. The van der Waals surface area contributed by atoms with Crippen molar-refractivity contribution in [3.8, 4) is 11.8 Å². The molecule has 2 aromatic heterocycles. The second kappa shape index (κ2) is 20.0. The van der Waals surface area contributed by atoms with E-state index >= 15 is 0 Å². The Morgan fingerprint density at radius 2 is 1.60 bits per heavy atom. The number of likely N-dealkylation sites (tertiary alicyclic amines) is 2. The third-order valence-electron chi connectivity index (χ3n) is 12.7.